The van der Waals surface area contributed by atoms with E-state index < -0.39 is 0 Å². The van der Waals surface area contributed by atoms with Crippen molar-refractivity contribution in [2.45, 2.75) is 32.8 Å². The summed E-state index contributed by atoms with van der Waals surface area (Å²) in [4.78, 5) is 2.31. The van der Waals surface area contributed by atoms with Crippen LogP contribution in [0.15, 0.2) is 0 Å². The van der Waals surface area contributed by atoms with Gasteiger partial charge >= 0.3 is 0 Å². The predicted molar refractivity (Wildman–Crippen MR) is 62.1 cm³/mol. The Morgan fingerprint density at radius 2 is 2.27 bits per heavy atom. The molecule has 1 aliphatic heterocycles. The third-order valence-electron chi connectivity index (χ3n) is 3.13. The quantitative estimate of drug-likeness (QED) is 0.674. The molecule has 0 aliphatic carbocycles. The van der Waals surface area contributed by atoms with Gasteiger partial charge in [0, 0.05) is 25.7 Å². The maximum Gasteiger partial charge on any atom is 0.0751 e. The summed E-state index contributed by atoms with van der Waals surface area (Å²) < 4.78 is 11.4. The molecule has 0 spiro atoms. The van der Waals surface area contributed by atoms with Crippen molar-refractivity contribution in [2.75, 3.05) is 40.0 Å². The lowest BCUT2D eigenvalue weighted by molar-refractivity contribution is -0.0532. The van der Waals surface area contributed by atoms with Crippen molar-refractivity contribution < 1.29 is 9.47 Å². The maximum atomic E-state index is 5.83. The van der Waals surface area contributed by atoms with Crippen molar-refractivity contribution in [2.24, 2.45) is 5.92 Å². The Morgan fingerprint density at radius 1 is 1.47 bits per heavy atom. The molecule has 15 heavy (non-hydrogen) atoms. The third kappa shape index (κ3) is 4.49. The summed E-state index contributed by atoms with van der Waals surface area (Å²) in [7, 11) is 2.15. The molecule has 90 valence electrons. The summed E-state index contributed by atoms with van der Waals surface area (Å²) in [6.07, 6.45) is 2.78. The van der Waals surface area contributed by atoms with Gasteiger partial charge in [-0.15, -0.1) is 0 Å². The lowest BCUT2D eigenvalue weighted by Crippen LogP contribution is -2.39. The summed E-state index contributed by atoms with van der Waals surface area (Å²) in [5.74, 6) is 0.590. The van der Waals surface area contributed by atoms with Crippen molar-refractivity contribution >= 4 is 0 Å². The first-order valence-electron chi connectivity index (χ1n) is 6.15. The Kier molecular flexibility index (Phi) is 6.22. The van der Waals surface area contributed by atoms with E-state index in [4.69, 9.17) is 9.47 Å². The third-order valence-corrected chi connectivity index (χ3v) is 3.13. The van der Waals surface area contributed by atoms with E-state index in [9.17, 15) is 0 Å². The molecule has 0 radical (unpaired) electrons. The van der Waals surface area contributed by atoms with Gasteiger partial charge in [0.05, 0.1) is 12.7 Å². The van der Waals surface area contributed by atoms with Gasteiger partial charge in [0.2, 0.25) is 0 Å². The van der Waals surface area contributed by atoms with Gasteiger partial charge in [-0.25, -0.2) is 0 Å². The van der Waals surface area contributed by atoms with E-state index in [1.54, 1.807) is 0 Å². The van der Waals surface area contributed by atoms with Crippen LogP contribution >= 0.6 is 0 Å². The highest BCUT2D eigenvalue weighted by Crippen LogP contribution is 2.20. The van der Waals surface area contributed by atoms with Gasteiger partial charge in [0.15, 0.2) is 0 Å². The summed E-state index contributed by atoms with van der Waals surface area (Å²) in [6.45, 7) is 8.97. The number of hydrogen-bond donors (Lipinski definition) is 0. The Bertz CT molecular complexity index is 158. The van der Waals surface area contributed by atoms with E-state index in [0.717, 1.165) is 32.9 Å². The summed E-state index contributed by atoms with van der Waals surface area (Å²) in [5.41, 5.74) is 0. The van der Waals surface area contributed by atoms with Gasteiger partial charge in [-0.1, -0.05) is 6.92 Å². The number of likely N-dealkylation sites (N-methyl/N-ethyl adjacent to an activating group) is 1. The van der Waals surface area contributed by atoms with Crippen LogP contribution in [-0.4, -0.2) is 51.0 Å². The zero-order chi connectivity index (χ0) is 11.1. The molecule has 1 saturated heterocycles. The molecule has 1 rings (SSSR count). The average molecular weight is 215 g/mol. The highest BCUT2D eigenvalue weighted by atomic mass is 16.5. The highest BCUT2D eigenvalue weighted by Gasteiger charge is 2.25. The second-order valence-corrected chi connectivity index (χ2v) is 4.33. The van der Waals surface area contributed by atoms with E-state index in [-0.39, 0.29) is 0 Å². The van der Waals surface area contributed by atoms with E-state index in [1.807, 2.05) is 0 Å². The summed E-state index contributed by atoms with van der Waals surface area (Å²) in [6, 6.07) is 0. The molecule has 0 N–H and O–H groups in total. The van der Waals surface area contributed by atoms with Crippen molar-refractivity contribution in [1.29, 1.82) is 0 Å². The van der Waals surface area contributed by atoms with Gasteiger partial charge < -0.3 is 14.4 Å². The second kappa shape index (κ2) is 7.20. The van der Waals surface area contributed by atoms with E-state index in [1.165, 1.54) is 12.8 Å². The van der Waals surface area contributed by atoms with Crippen molar-refractivity contribution in [1.82, 2.24) is 4.90 Å². The van der Waals surface area contributed by atoms with E-state index in [0.29, 0.717) is 12.0 Å². The number of nitrogens with zero attached hydrogens (tertiary/aromatic N) is 1. The monoisotopic (exact) mass is 215 g/mol. The Hall–Kier alpha value is -0.120. The molecular formula is C12H25NO2. The standard InChI is InChI=1S/C12H25NO2/c1-4-13(3)9-12(15-5-2)11-7-6-8-14-10-11/h11-12H,4-10H2,1-3H3. The maximum absolute atomic E-state index is 5.83. The Labute approximate surface area is 93.7 Å². The number of ether oxygens (including phenoxy) is 2. The fourth-order valence-corrected chi connectivity index (χ4v) is 2.05. The molecule has 0 aromatic carbocycles. The minimum atomic E-state index is 0.347. The minimum absolute atomic E-state index is 0.347. The summed E-state index contributed by atoms with van der Waals surface area (Å²) >= 11 is 0. The van der Waals surface area contributed by atoms with Crippen molar-refractivity contribution in [3.63, 3.8) is 0 Å². The summed E-state index contributed by atoms with van der Waals surface area (Å²) in [5, 5.41) is 0. The Morgan fingerprint density at radius 3 is 2.80 bits per heavy atom. The van der Waals surface area contributed by atoms with Crippen LogP contribution in [-0.2, 0) is 9.47 Å². The molecule has 0 amide bonds. The molecule has 3 heteroatoms. The molecule has 2 unspecified atom stereocenters. The zero-order valence-corrected chi connectivity index (χ0v) is 10.4. The molecule has 3 nitrogen and oxygen atoms in total. The van der Waals surface area contributed by atoms with Crippen LogP contribution in [0.4, 0.5) is 0 Å². The number of rotatable bonds is 6. The number of hydrogen-bond acceptors (Lipinski definition) is 3. The minimum Gasteiger partial charge on any atom is -0.381 e. The van der Waals surface area contributed by atoms with Crippen molar-refractivity contribution in [3.8, 4) is 0 Å². The topological polar surface area (TPSA) is 21.7 Å². The van der Waals surface area contributed by atoms with Gasteiger partial charge in [-0.2, -0.15) is 0 Å². The second-order valence-electron chi connectivity index (χ2n) is 4.33. The molecule has 1 aliphatic rings. The highest BCUT2D eigenvalue weighted by molar-refractivity contribution is 4.75. The molecule has 1 fully saturated rings. The molecular weight excluding hydrogens is 190 g/mol. The fraction of sp³-hybridized carbons (Fsp3) is 1.00. The van der Waals surface area contributed by atoms with E-state index >= 15 is 0 Å². The van der Waals surface area contributed by atoms with Gasteiger partial charge in [-0.3, -0.25) is 0 Å². The fourth-order valence-electron chi connectivity index (χ4n) is 2.05. The van der Waals surface area contributed by atoms with Crippen LogP contribution in [0.2, 0.25) is 0 Å². The van der Waals surface area contributed by atoms with Crippen LogP contribution in [0.5, 0.6) is 0 Å². The molecule has 0 aromatic rings. The smallest absolute Gasteiger partial charge is 0.0751 e. The zero-order valence-electron chi connectivity index (χ0n) is 10.4. The normalized spacial score (nSPS) is 24.4. The Balaban J connectivity index is 2.39. The molecule has 1 heterocycles. The molecule has 0 bridgehead atoms. The van der Waals surface area contributed by atoms with Gasteiger partial charge in [0.25, 0.3) is 0 Å². The first-order valence-corrected chi connectivity index (χ1v) is 6.15. The van der Waals surface area contributed by atoms with Crippen LogP contribution < -0.4 is 0 Å². The van der Waals surface area contributed by atoms with Crippen LogP contribution in [0.3, 0.4) is 0 Å². The lowest BCUT2D eigenvalue weighted by atomic mass is 9.95. The molecule has 2 atom stereocenters. The van der Waals surface area contributed by atoms with Crippen molar-refractivity contribution in [3.05, 3.63) is 0 Å². The lowest BCUT2D eigenvalue weighted by Gasteiger charge is -2.32. The molecule has 0 saturated carbocycles. The van der Waals surface area contributed by atoms with Crippen LogP contribution in [0, 0.1) is 5.92 Å². The predicted octanol–water partition coefficient (Wildman–Crippen LogP) is 1.77. The first kappa shape index (κ1) is 12.9. The van der Waals surface area contributed by atoms with E-state index in [2.05, 4.69) is 25.8 Å². The van der Waals surface area contributed by atoms with Crippen LogP contribution in [0.25, 0.3) is 0 Å². The molecule has 0 aromatic heterocycles. The van der Waals surface area contributed by atoms with Crippen LogP contribution in [0.1, 0.15) is 26.7 Å². The SMILES string of the molecule is CCOC(CN(C)CC)C1CCCOC1. The van der Waals surface area contributed by atoms with Gasteiger partial charge in [-0.05, 0) is 33.4 Å². The average Bonchev–Trinajstić information content (AvgIpc) is 2.29. The van der Waals surface area contributed by atoms with Gasteiger partial charge in [0.1, 0.15) is 0 Å². The largest absolute Gasteiger partial charge is 0.381 e. The first-order chi connectivity index (χ1) is 7.27.